The van der Waals surface area contributed by atoms with E-state index in [2.05, 4.69) is 0 Å². The molecule has 1 aliphatic rings. The van der Waals surface area contributed by atoms with Crippen molar-refractivity contribution in [2.24, 2.45) is 0 Å². The highest BCUT2D eigenvalue weighted by molar-refractivity contribution is 6.29. The molecular formula is C22H12O3. The lowest BCUT2D eigenvalue weighted by Crippen LogP contribution is -2.19. The first-order chi connectivity index (χ1) is 12.3. The van der Waals surface area contributed by atoms with Crippen molar-refractivity contribution in [3.05, 3.63) is 95.4 Å². The van der Waals surface area contributed by atoms with Crippen LogP contribution in [0.25, 0.3) is 21.9 Å². The van der Waals surface area contributed by atoms with Crippen LogP contribution in [-0.2, 0) is 0 Å². The Balaban J connectivity index is 1.81. The van der Waals surface area contributed by atoms with Gasteiger partial charge in [0.25, 0.3) is 0 Å². The number of hydrogen-bond donors (Lipinski definition) is 0. The summed E-state index contributed by atoms with van der Waals surface area (Å²) in [7, 11) is 0. The van der Waals surface area contributed by atoms with Gasteiger partial charge in [0.2, 0.25) is 5.78 Å². The fraction of sp³-hybridized carbons (Fsp3) is 0. The van der Waals surface area contributed by atoms with Gasteiger partial charge in [-0.15, -0.1) is 0 Å². The first-order valence-electron chi connectivity index (χ1n) is 8.04. The van der Waals surface area contributed by atoms with Gasteiger partial charge >= 0.3 is 0 Å². The number of furan rings is 1. The fourth-order valence-corrected chi connectivity index (χ4v) is 3.55. The highest BCUT2D eigenvalue weighted by Crippen LogP contribution is 2.38. The van der Waals surface area contributed by atoms with Crippen molar-refractivity contribution >= 4 is 22.3 Å². The summed E-state index contributed by atoms with van der Waals surface area (Å²) in [6.45, 7) is 0. The molecule has 0 fully saturated rings. The van der Waals surface area contributed by atoms with Crippen LogP contribution >= 0.6 is 0 Å². The number of ketones is 2. The molecule has 0 saturated carbocycles. The van der Waals surface area contributed by atoms with Crippen molar-refractivity contribution in [1.29, 1.82) is 0 Å². The quantitative estimate of drug-likeness (QED) is 0.442. The summed E-state index contributed by atoms with van der Waals surface area (Å²) >= 11 is 0. The molecule has 3 nitrogen and oxygen atoms in total. The largest absolute Gasteiger partial charge is 0.459 e. The molecule has 4 aromatic rings. The number of carbonyl (C=O) groups is 2. The maximum absolute atomic E-state index is 13.0. The molecule has 1 heterocycles. The van der Waals surface area contributed by atoms with Crippen molar-refractivity contribution in [3.8, 4) is 11.1 Å². The summed E-state index contributed by atoms with van der Waals surface area (Å²) in [5.41, 5.74) is 2.75. The Morgan fingerprint density at radius 2 is 1.24 bits per heavy atom. The Labute approximate surface area is 143 Å². The van der Waals surface area contributed by atoms with Crippen LogP contribution in [0.1, 0.15) is 32.0 Å². The third-order valence-electron chi connectivity index (χ3n) is 4.72. The van der Waals surface area contributed by atoms with Gasteiger partial charge in [0.05, 0.1) is 5.56 Å². The van der Waals surface area contributed by atoms with Gasteiger partial charge < -0.3 is 4.42 Å². The molecule has 0 radical (unpaired) electrons. The maximum atomic E-state index is 13.0. The SMILES string of the molecule is O=C1c2ccccc2C(=O)c2c(-c3cccc4ccccc34)coc21. The van der Waals surface area contributed by atoms with Crippen molar-refractivity contribution in [1.82, 2.24) is 0 Å². The molecule has 5 rings (SSSR count). The Bertz CT molecular complexity index is 1180. The molecule has 0 saturated heterocycles. The van der Waals surface area contributed by atoms with Crippen LogP contribution < -0.4 is 0 Å². The first kappa shape index (κ1) is 13.9. The van der Waals surface area contributed by atoms with E-state index in [1.54, 1.807) is 24.3 Å². The van der Waals surface area contributed by atoms with E-state index in [1.165, 1.54) is 6.26 Å². The predicted octanol–water partition coefficient (Wildman–Crippen LogP) is 4.88. The highest BCUT2D eigenvalue weighted by Gasteiger charge is 2.35. The number of carbonyl (C=O) groups excluding carboxylic acids is 2. The van der Waals surface area contributed by atoms with Crippen LogP contribution in [0.3, 0.4) is 0 Å². The molecule has 1 aliphatic carbocycles. The lowest BCUT2D eigenvalue weighted by molar-refractivity contribution is 0.0960. The molecule has 25 heavy (non-hydrogen) atoms. The van der Waals surface area contributed by atoms with E-state index in [1.807, 2.05) is 42.5 Å². The number of benzene rings is 3. The summed E-state index contributed by atoms with van der Waals surface area (Å²) in [6.07, 6.45) is 1.52. The Morgan fingerprint density at radius 1 is 0.600 bits per heavy atom. The van der Waals surface area contributed by atoms with Crippen molar-refractivity contribution < 1.29 is 14.0 Å². The summed E-state index contributed by atoms with van der Waals surface area (Å²) < 4.78 is 5.56. The second-order valence-electron chi connectivity index (χ2n) is 6.08. The van der Waals surface area contributed by atoms with E-state index in [-0.39, 0.29) is 17.3 Å². The summed E-state index contributed by atoms with van der Waals surface area (Å²) in [6, 6.07) is 20.8. The molecule has 1 aromatic heterocycles. The second-order valence-corrected chi connectivity index (χ2v) is 6.08. The molecule has 0 N–H and O–H groups in total. The Hall–Kier alpha value is -3.46. The van der Waals surface area contributed by atoms with E-state index < -0.39 is 0 Å². The Kier molecular flexibility index (Phi) is 2.80. The average molecular weight is 324 g/mol. The Morgan fingerprint density at radius 3 is 2.08 bits per heavy atom. The third-order valence-corrected chi connectivity index (χ3v) is 4.72. The second kappa shape index (κ2) is 5.02. The fourth-order valence-electron chi connectivity index (χ4n) is 3.55. The van der Waals surface area contributed by atoms with Gasteiger partial charge in [-0.25, -0.2) is 0 Å². The molecule has 0 amide bonds. The van der Waals surface area contributed by atoms with E-state index in [0.29, 0.717) is 22.3 Å². The zero-order valence-corrected chi connectivity index (χ0v) is 13.2. The van der Waals surface area contributed by atoms with Gasteiger partial charge in [0, 0.05) is 16.7 Å². The molecule has 0 aliphatic heterocycles. The molecule has 0 bridgehead atoms. The van der Waals surface area contributed by atoms with E-state index in [9.17, 15) is 9.59 Å². The van der Waals surface area contributed by atoms with Gasteiger partial charge in [0.15, 0.2) is 11.5 Å². The normalized spacial score (nSPS) is 13.0. The van der Waals surface area contributed by atoms with E-state index in [4.69, 9.17) is 4.42 Å². The van der Waals surface area contributed by atoms with Crippen LogP contribution in [-0.4, -0.2) is 11.6 Å². The molecule has 118 valence electrons. The summed E-state index contributed by atoms with van der Waals surface area (Å²) in [5, 5.41) is 2.10. The van der Waals surface area contributed by atoms with Crippen molar-refractivity contribution in [3.63, 3.8) is 0 Å². The van der Waals surface area contributed by atoms with Gasteiger partial charge in [-0.2, -0.15) is 0 Å². The van der Waals surface area contributed by atoms with Crippen LogP contribution in [0.15, 0.2) is 77.4 Å². The molecule has 3 aromatic carbocycles. The topological polar surface area (TPSA) is 47.3 Å². The maximum Gasteiger partial charge on any atom is 0.229 e. The van der Waals surface area contributed by atoms with Gasteiger partial charge in [-0.1, -0.05) is 66.7 Å². The standard InChI is InChI=1S/C22H12O3/c23-20-16-9-3-4-10-17(16)21(24)22-19(20)18(12-25-22)15-11-5-7-13-6-1-2-8-14(13)15/h1-12H. The molecule has 0 spiro atoms. The smallest absolute Gasteiger partial charge is 0.229 e. The minimum atomic E-state index is -0.239. The average Bonchev–Trinajstić information content (AvgIpc) is 3.11. The molecular weight excluding hydrogens is 312 g/mol. The van der Waals surface area contributed by atoms with Crippen molar-refractivity contribution in [2.75, 3.05) is 0 Å². The van der Waals surface area contributed by atoms with Crippen LogP contribution in [0.5, 0.6) is 0 Å². The minimum absolute atomic E-state index is 0.131. The van der Waals surface area contributed by atoms with Crippen LogP contribution in [0, 0.1) is 0 Å². The third kappa shape index (κ3) is 1.86. The number of fused-ring (bicyclic) bond motifs is 3. The van der Waals surface area contributed by atoms with Gasteiger partial charge in [-0.3, -0.25) is 9.59 Å². The number of hydrogen-bond acceptors (Lipinski definition) is 3. The summed E-state index contributed by atoms with van der Waals surface area (Å²) in [5.74, 6) is -0.273. The molecule has 0 unspecified atom stereocenters. The van der Waals surface area contributed by atoms with Gasteiger partial charge in [0.1, 0.15) is 6.26 Å². The van der Waals surface area contributed by atoms with Crippen LogP contribution in [0.2, 0.25) is 0 Å². The predicted molar refractivity (Wildman–Crippen MR) is 95.0 cm³/mol. The number of rotatable bonds is 1. The van der Waals surface area contributed by atoms with Crippen LogP contribution in [0.4, 0.5) is 0 Å². The van der Waals surface area contributed by atoms with E-state index >= 15 is 0 Å². The zero-order chi connectivity index (χ0) is 17.0. The van der Waals surface area contributed by atoms with Gasteiger partial charge in [-0.05, 0) is 16.3 Å². The lowest BCUT2D eigenvalue weighted by Gasteiger charge is -2.14. The minimum Gasteiger partial charge on any atom is -0.459 e. The van der Waals surface area contributed by atoms with E-state index in [0.717, 1.165) is 16.3 Å². The lowest BCUT2D eigenvalue weighted by atomic mass is 9.85. The zero-order valence-electron chi connectivity index (χ0n) is 13.2. The first-order valence-corrected chi connectivity index (χ1v) is 8.04. The summed E-state index contributed by atoms with van der Waals surface area (Å²) in [4.78, 5) is 25.7. The molecule has 0 atom stereocenters. The molecule has 3 heteroatoms. The monoisotopic (exact) mass is 324 g/mol. The van der Waals surface area contributed by atoms with Crippen molar-refractivity contribution in [2.45, 2.75) is 0 Å². The highest BCUT2D eigenvalue weighted by atomic mass is 16.3.